The molecule has 21 heavy (non-hydrogen) atoms. The fourth-order valence-corrected chi connectivity index (χ4v) is 2.15. The number of nitrogens with zero attached hydrogens (tertiary/aromatic N) is 3. The highest BCUT2D eigenvalue weighted by Crippen LogP contribution is 2.32. The van der Waals surface area contributed by atoms with Crippen molar-refractivity contribution in [2.75, 3.05) is 0 Å². The molecule has 0 aliphatic rings. The second kappa shape index (κ2) is 7.43. The zero-order chi connectivity index (χ0) is 15.1. The van der Waals surface area contributed by atoms with E-state index in [2.05, 4.69) is 46.1 Å². The summed E-state index contributed by atoms with van der Waals surface area (Å²) in [7, 11) is 0. The molecule has 0 spiro atoms. The molecule has 0 fully saturated rings. The van der Waals surface area contributed by atoms with Crippen LogP contribution >= 0.6 is 0 Å². The molecule has 4 heteroatoms. The maximum absolute atomic E-state index is 7.32. The van der Waals surface area contributed by atoms with Crippen molar-refractivity contribution in [1.82, 2.24) is 0 Å². The van der Waals surface area contributed by atoms with Crippen LogP contribution in [-0.4, -0.2) is 6.21 Å². The van der Waals surface area contributed by atoms with Gasteiger partial charge in [-0.05, 0) is 29.7 Å². The topological polar surface area (TPSA) is 52.5 Å². The molecule has 2 rings (SSSR count). The molecule has 0 amide bonds. The average molecular weight is 281 g/mol. The number of benzene rings is 1. The van der Waals surface area contributed by atoms with E-state index in [4.69, 9.17) is 5.53 Å². The predicted octanol–water partition coefficient (Wildman–Crippen LogP) is 4.83. The number of nitrogens with one attached hydrogen (secondary N) is 1. The third-order valence-corrected chi connectivity index (χ3v) is 3.22. The zero-order valence-corrected chi connectivity index (χ0v) is 12.6. The van der Waals surface area contributed by atoms with E-state index in [1.165, 1.54) is 0 Å². The minimum absolute atomic E-state index is 0.600. The van der Waals surface area contributed by atoms with Crippen LogP contribution in [0.2, 0.25) is 0 Å². The van der Waals surface area contributed by atoms with Gasteiger partial charge in [-0.2, -0.15) is 5.11 Å². The van der Waals surface area contributed by atoms with E-state index in [-0.39, 0.29) is 0 Å². The van der Waals surface area contributed by atoms with E-state index in [1.54, 1.807) is 0 Å². The van der Waals surface area contributed by atoms with Crippen LogP contribution < -0.4 is 4.57 Å². The van der Waals surface area contributed by atoms with Crippen LogP contribution in [0.15, 0.2) is 52.8 Å². The quantitative estimate of drug-likeness (QED) is 0.448. The number of hydrogen-bond donors (Lipinski definition) is 1. The summed E-state index contributed by atoms with van der Waals surface area (Å²) in [5.74, 6) is 0. The normalized spacial score (nSPS) is 11.0. The van der Waals surface area contributed by atoms with Gasteiger partial charge in [-0.1, -0.05) is 19.9 Å². The standard InChI is InChI=1S/C17H21N4/c1-3-9-19-16-6-5-15(13-17(16)20-18)14-7-11-21(10-4-2)12-8-14/h5-9,11-13,18H,3-4,10H2,1-2H3/q+1. The van der Waals surface area contributed by atoms with Crippen LogP contribution in [0.3, 0.4) is 0 Å². The number of pyridine rings is 1. The lowest BCUT2D eigenvalue weighted by Gasteiger charge is -2.04. The van der Waals surface area contributed by atoms with E-state index >= 15 is 0 Å². The zero-order valence-electron chi connectivity index (χ0n) is 12.6. The van der Waals surface area contributed by atoms with Crippen molar-refractivity contribution in [3.63, 3.8) is 0 Å². The molecule has 1 N–H and O–H groups in total. The summed E-state index contributed by atoms with van der Waals surface area (Å²) in [6.07, 6.45) is 7.99. The van der Waals surface area contributed by atoms with E-state index in [0.29, 0.717) is 5.69 Å². The molecule has 0 radical (unpaired) electrons. The van der Waals surface area contributed by atoms with E-state index in [0.717, 1.165) is 36.2 Å². The largest absolute Gasteiger partial charge is 0.259 e. The molecule has 1 aromatic heterocycles. The SMILES string of the molecule is CCC=Nc1ccc(-c2cc[n+](CCC)cc2)cc1N=N. The van der Waals surface area contributed by atoms with Crippen LogP contribution in [0.4, 0.5) is 11.4 Å². The lowest BCUT2D eigenvalue weighted by Crippen LogP contribution is -2.31. The molecule has 1 aromatic carbocycles. The molecule has 4 nitrogen and oxygen atoms in total. The lowest BCUT2D eigenvalue weighted by molar-refractivity contribution is -0.696. The average Bonchev–Trinajstić information content (AvgIpc) is 2.54. The van der Waals surface area contributed by atoms with Gasteiger partial charge >= 0.3 is 0 Å². The Hall–Kier alpha value is -2.36. The highest BCUT2D eigenvalue weighted by molar-refractivity contribution is 5.76. The van der Waals surface area contributed by atoms with Gasteiger partial charge in [0.1, 0.15) is 12.2 Å². The van der Waals surface area contributed by atoms with Crippen molar-refractivity contribution in [3.05, 3.63) is 42.7 Å². The molecule has 0 atom stereocenters. The molecular formula is C17H21N4+. The summed E-state index contributed by atoms with van der Waals surface area (Å²) < 4.78 is 2.17. The highest BCUT2D eigenvalue weighted by atomic mass is 15.0. The lowest BCUT2D eigenvalue weighted by atomic mass is 10.1. The van der Waals surface area contributed by atoms with Crippen LogP contribution in [0, 0.1) is 5.53 Å². The Balaban J connectivity index is 2.31. The summed E-state index contributed by atoms with van der Waals surface area (Å²) in [5, 5.41) is 3.59. The molecule has 0 aliphatic carbocycles. The van der Waals surface area contributed by atoms with Gasteiger partial charge in [0, 0.05) is 24.8 Å². The van der Waals surface area contributed by atoms with Gasteiger partial charge in [0.25, 0.3) is 0 Å². The molecule has 0 saturated heterocycles. The Morgan fingerprint density at radius 3 is 2.43 bits per heavy atom. The van der Waals surface area contributed by atoms with Crippen molar-refractivity contribution in [2.24, 2.45) is 10.1 Å². The summed E-state index contributed by atoms with van der Waals surface area (Å²) in [6.45, 7) is 5.22. The minimum atomic E-state index is 0.600. The Bertz CT molecular complexity index is 630. The predicted molar refractivity (Wildman–Crippen MR) is 85.6 cm³/mol. The van der Waals surface area contributed by atoms with E-state index < -0.39 is 0 Å². The fourth-order valence-electron chi connectivity index (χ4n) is 2.15. The number of aliphatic imine (C=N–C) groups is 1. The highest BCUT2D eigenvalue weighted by Gasteiger charge is 2.06. The summed E-state index contributed by atoms with van der Waals surface area (Å²) in [5.41, 5.74) is 10.8. The van der Waals surface area contributed by atoms with Crippen molar-refractivity contribution in [2.45, 2.75) is 33.2 Å². The molecule has 0 aliphatic heterocycles. The van der Waals surface area contributed by atoms with E-state index in [9.17, 15) is 0 Å². The molecule has 0 saturated carbocycles. The summed E-state index contributed by atoms with van der Waals surface area (Å²) in [4.78, 5) is 4.33. The first-order valence-electron chi connectivity index (χ1n) is 7.32. The van der Waals surface area contributed by atoms with Crippen LogP contribution in [0.25, 0.3) is 11.1 Å². The first-order chi connectivity index (χ1) is 10.3. The number of rotatable bonds is 6. The van der Waals surface area contributed by atoms with Gasteiger partial charge in [-0.3, -0.25) is 4.99 Å². The first kappa shape index (κ1) is 15.0. The molecule has 108 valence electrons. The fraction of sp³-hybridized carbons (Fsp3) is 0.294. The van der Waals surface area contributed by atoms with Crippen molar-refractivity contribution < 1.29 is 4.57 Å². The number of aryl methyl sites for hydroxylation is 1. The monoisotopic (exact) mass is 281 g/mol. The second-order valence-electron chi connectivity index (χ2n) is 4.86. The number of hydrogen-bond acceptors (Lipinski definition) is 3. The Kier molecular flexibility index (Phi) is 5.32. The van der Waals surface area contributed by atoms with Gasteiger partial charge in [-0.25, -0.2) is 10.1 Å². The van der Waals surface area contributed by atoms with E-state index in [1.807, 2.05) is 31.3 Å². The summed E-state index contributed by atoms with van der Waals surface area (Å²) in [6, 6.07) is 10.0. The van der Waals surface area contributed by atoms with Crippen molar-refractivity contribution in [3.8, 4) is 11.1 Å². The van der Waals surface area contributed by atoms with Crippen LogP contribution in [0.1, 0.15) is 26.7 Å². The van der Waals surface area contributed by atoms with Gasteiger partial charge < -0.3 is 0 Å². The smallest absolute Gasteiger partial charge is 0.169 e. The summed E-state index contributed by atoms with van der Waals surface area (Å²) >= 11 is 0. The molecule has 2 aromatic rings. The minimum Gasteiger partial charge on any atom is -0.259 e. The molecule has 0 unspecified atom stereocenters. The first-order valence-corrected chi connectivity index (χ1v) is 7.32. The molecular weight excluding hydrogens is 260 g/mol. The Morgan fingerprint density at radius 1 is 1.05 bits per heavy atom. The Morgan fingerprint density at radius 2 is 1.81 bits per heavy atom. The van der Waals surface area contributed by atoms with Gasteiger partial charge in [0.05, 0.1) is 5.69 Å². The second-order valence-corrected chi connectivity index (χ2v) is 4.86. The maximum Gasteiger partial charge on any atom is 0.169 e. The number of aromatic nitrogens is 1. The maximum atomic E-state index is 7.32. The van der Waals surface area contributed by atoms with Gasteiger partial charge in [0.2, 0.25) is 0 Å². The van der Waals surface area contributed by atoms with Crippen molar-refractivity contribution in [1.29, 1.82) is 5.53 Å². The van der Waals surface area contributed by atoms with Crippen LogP contribution in [0.5, 0.6) is 0 Å². The van der Waals surface area contributed by atoms with Gasteiger partial charge in [-0.15, -0.1) is 0 Å². The third-order valence-electron chi connectivity index (χ3n) is 3.22. The molecule has 0 bridgehead atoms. The van der Waals surface area contributed by atoms with Gasteiger partial charge in [0.15, 0.2) is 12.4 Å². The third kappa shape index (κ3) is 3.81. The van der Waals surface area contributed by atoms with Crippen LogP contribution in [-0.2, 0) is 6.54 Å². The van der Waals surface area contributed by atoms with Crippen molar-refractivity contribution >= 4 is 17.6 Å². The molecule has 1 heterocycles. The Labute approximate surface area is 125 Å².